The molecule has 0 radical (unpaired) electrons. The molecule has 1 aromatic carbocycles. The molecule has 0 spiro atoms. The molecule has 2 aromatic rings. The van der Waals surface area contributed by atoms with Crippen LogP contribution in [0.3, 0.4) is 0 Å². The highest BCUT2D eigenvalue weighted by atomic mass is 35.5. The molecule has 0 atom stereocenters. The molecule has 1 amide bonds. The van der Waals surface area contributed by atoms with Crippen molar-refractivity contribution >= 4 is 29.3 Å². The largest absolute Gasteiger partial charge is 0.444 e. The molecule has 1 aliphatic rings. The van der Waals surface area contributed by atoms with Gasteiger partial charge in [0.1, 0.15) is 10.8 Å². The lowest BCUT2D eigenvalue weighted by molar-refractivity contribution is 0.0240. The number of anilines is 2. The van der Waals surface area contributed by atoms with Crippen LogP contribution in [0.5, 0.6) is 0 Å². The summed E-state index contributed by atoms with van der Waals surface area (Å²) in [5, 5.41) is 0.314. The van der Waals surface area contributed by atoms with E-state index in [9.17, 15) is 4.79 Å². The Labute approximate surface area is 164 Å². The van der Waals surface area contributed by atoms with Gasteiger partial charge in [-0.1, -0.05) is 23.7 Å². The van der Waals surface area contributed by atoms with E-state index in [1.165, 1.54) is 0 Å². The molecule has 2 N–H and O–H groups in total. The number of aromatic nitrogens is 2. The van der Waals surface area contributed by atoms with Crippen molar-refractivity contribution in [2.45, 2.75) is 26.4 Å². The maximum atomic E-state index is 12.2. The molecule has 0 saturated carbocycles. The molecule has 1 aliphatic heterocycles. The summed E-state index contributed by atoms with van der Waals surface area (Å²) < 4.78 is 5.45. The van der Waals surface area contributed by atoms with E-state index >= 15 is 0 Å². The molecule has 1 saturated heterocycles. The Morgan fingerprint density at radius 2 is 1.85 bits per heavy atom. The summed E-state index contributed by atoms with van der Waals surface area (Å²) in [6, 6.07) is 9.70. The molecule has 0 bridgehead atoms. The van der Waals surface area contributed by atoms with Gasteiger partial charge in [-0.25, -0.2) is 14.8 Å². The van der Waals surface area contributed by atoms with E-state index in [-0.39, 0.29) is 12.0 Å². The van der Waals surface area contributed by atoms with Crippen LogP contribution in [0, 0.1) is 0 Å². The minimum absolute atomic E-state index is 0.147. The Balaban J connectivity index is 1.69. The van der Waals surface area contributed by atoms with Crippen LogP contribution in [0.25, 0.3) is 11.3 Å². The van der Waals surface area contributed by atoms with Crippen LogP contribution in [0.15, 0.2) is 30.3 Å². The number of carbonyl (C=O) groups excluding carboxylic acids is 1. The predicted molar refractivity (Wildman–Crippen MR) is 107 cm³/mol. The minimum Gasteiger partial charge on any atom is -0.444 e. The lowest BCUT2D eigenvalue weighted by Crippen LogP contribution is -2.50. The number of rotatable bonds is 2. The van der Waals surface area contributed by atoms with Crippen LogP contribution in [0.4, 0.5) is 16.4 Å². The Bertz CT molecular complexity index is 809. The fourth-order valence-electron chi connectivity index (χ4n) is 2.92. The summed E-state index contributed by atoms with van der Waals surface area (Å²) >= 11 is 5.99. The second-order valence-corrected chi connectivity index (χ2v) is 7.83. The number of hydrogen-bond donors (Lipinski definition) is 1. The van der Waals surface area contributed by atoms with E-state index in [0.717, 1.165) is 24.3 Å². The standard InChI is InChI=1S/C19H24ClN5O2/c1-19(2,3)27-18(26)25-9-7-24(8-10-25)14-6-4-5-13(11-14)15-12-16(20)23-17(21)22-15/h4-6,11-12H,7-10H2,1-3H3,(H2,21,22,23). The van der Waals surface area contributed by atoms with Gasteiger partial charge in [0.05, 0.1) is 5.69 Å². The number of nitrogen functional groups attached to an aromatic ring is 1. The minimum atomic E-state index is -0.483. The SMILES string of the molecule is CC(C)(C)OC(=O)N1CCN(c2cccc(-c3cc(Cl)nc(N)n3)c2)CC1. The number of carbonyl (C=O) groups is 1. The highest BCUT2D eigenvalue weighted by Crippen LogP contribution is 2.26. The lowest BCUT2D eigenvalue weighted by Gasteiger charge is -2.36. The molecule has 7 nitrogen and oxygen atoms in total. The zero-order valence-corrected chi connectivity index (χ0v) is 16.5. The molecule has 0 unspecified atom stereocenters. The quantitative estimate of drug-likeness (QED) is 0.792. The van der Waals surface area contributed by atoms with E-state index < -0.39 is 5.60 Å². The number of halogens is 1. The van der Waals surface area contributed by atoms with Crippen molar-refractivity contribution in [2.24, 2.45) is 0 Å². The highest BCUT2D eigenvalue weighted by Gasteiger charge is 2.26. The van der Waals surface area contributed by atoms with E-state index in [1.807, 2.05) is 45.0 Å². The lowest BCUT2D eigenvalue weighted by atomic mass is 10.1. The summed E-state index contributed by atoms with van der Waals surface area (Å²) in [4.78, 5) is 24.3. The van der Waals surface area contributed by atoms with Gasteiger partial charge in [0.25, 0.3) is 0 Å². The molecule has 0 aliphatic carbocycles. The molecular formula is C19H24ClN5O2. The summed E-state index contributed by atoms with van der Waals surface area (Å²) in [5.41, 5.74) is 7.87. The first kappa shape index (κ1) is 19.2. The maximum absolute atomic E-state index is 12.2. The highest BCUT2D eigenvalue weighted by molar-refractivity contribution is 6.29. The van der Waals surface area contributed by atoms with Crippen molar-refractivity contribution < 1.29 is 9.53 Å². The van der Waals surface area contributed by atoms with Gasteiger partial charge < -0.3 is 20.3 Å². The second kappa shape index (κ2) is 7.60. The van der Waals surface area contributed by atoms with Crippen molar-refractivity contribution in [3.63, 3.8) is 0 Å². The van der Waals surface area contributed by atoms with Gasteiger partial charge in [-0.15, -0.1) is 0 Å². The molecule has 3 rings (SSSR count). The van der Waals surface area contributed by atoms with Gasteiger partial charge in [0, 0.05) is 43.5 Å². The molecule has 1 fully saturated rings. The van der Waals surface area contributed by atoms with E-state index in [2.05, 4.69) is 14.9 Å². The van der Waals surface area contributed by atoms with Crippen LogP contribution >= 0.6 is 11.6 Å². The Kier molecular flexibility index (Phi) is 5.41. The fraction of sp³-hybridized carbons (Fsp3) is 0.421. The summed E-state index contributed by atoms with van der Waals surface area (Å²) in [5.74, 6) is 0.147. The first-order valence-corrected chi connectivity index (χ1v) is 9.22. The number of piperazine rings is 1. The van der Waals surface area contributed by atoms with Crippen molar-refractivity contribution in [1.82, 2.24) is 14.9 Å². The van der Waals surface area contributed by atoms with Crippen molar-refractivity contribution in [1.29, 1.82) is 0 Å². The van der Waals surface area contributed by atoms with E-state index in [1.54, 1.807) is 11.0 Å². The second-order valence-electron chi connectivity index (χ2n) is 7.44. The number of benzene rings is 1. The average Bonchev–Trinajstić information content (AvgIpc) is 2.60. The van der Waals surface area contributed by atoms with Crippen LogP contribution in [0.1, 0.15) is 20.8 Å². The monoisotopic (exact) mass is 389 g/mol. The zero-order valence-electron chi connectivity index (χ0n) is 15.8. The third-order valence-electron chi connectivity index (χ3n) is 4.15. The molecule has 2 heterocycles. The summed E-state index contributed by atoms with van der Waals surface area (Å²) in [6.07, 6.45) is -0.262. The number of nitrogens with zero attached hydrogens (tertiary/aromatic N) is 4. The van der Waals surface area contributed by atoms with Crippen molar-refractivity contribution in [3.05, 3.63) is 35.5 Å². The van der Waals surface area contributed by atoms with Gasteiger partial charge in [-0.05, 0) is 32.9 Å². The molecule has 144 valence electrons. The molecule has 8 heteroatoms. The number of ether oxygens (including phenoxy) is 1. The van der Waals surface area contributed by atoms with E-state index in [0.29, 0.717) is 23.9 Å². The van der Waals surface area contributed by atoms with Crippen LogP contribution < -0.4 is 10.6 Å². The van der Waals surface area contributed by atoms with E-state index in [4.69, 9.17) is 22.1 Å². The van der Waals surface area contributed by atoms with Gasteiger partial charge >= 0.3 is 6.09 Å². The molecule has 27 heavy (non-hydrogen) atoms. The van der Waals surface area contributed by atoms with Crippen molar-refractivity contribution in [3.8, 4) is 11.3 Å². The van der Waals surface area contributed by atoms with Crippen LogP contribution in [0.2, 0.25) is 5.15 Å². The fourth-order valence-corrected chi connectivity index (χ4v) is 3.11. The molecule has 1 aromatic heterocycles. The Morgan fingerprint density at radius 3 is 2.48 bits per heavy atom. The zero-order chi connectivity index (χ0) is 19.6. The van der Waals surface area contributed by atoms with Crippen molar-refractivity contribution in [2.75, 3.05) is 36.8 Å². The Morgan fingerprint density at radius 1 is 1.15 bits per heavy atom. The maximum Gasteiger partial charge on any atom is 0.410 e. The summed E-state index contributed by atoms with van der Waals surface area (Å²) in [6.45, 7) is 8.32. The topological polar surface area (TPSA) is 84.6 Å². The smallest absolute Gasteiger partial charge is 0.410 e. The van der Waals surface area contributed by atoms with Gasteiger partial charge in [0.2, 0.25) is 5.95 Å². The van der Waals surface area contributed by atoms with Gasteiger partial charge in [0.15, 0.2) is 0 Å². The third-order valence-corrected chi connectivity index (χ3v) is 4.34. The first-order valence-electron chi connectivity index (χ1n) is 8.85. The molecular weight excluding hydrogens is 366 g/mol. The first-order chi connectivity index (χ1) is 12.7. The van der Waals surface area contributed by atoms with Crippen LogP contribution in [-0.2, 0) is 4.74 Å². The normalized spacial score (nSPS) is 15.0. The predicted octanol–water partition coefficient (Wildman–Crippen LogP) is 3.44. The number of amides is 1. The summed E-state index contributed by atoms with van der Waals surface area (Å²) in [7, 11) is 0. The number of nitrogens with two attached hydrogens (primary N) is 1. The number of hydrogen-bond acceptors (Lipinski definition) is 6. The average molecular weight is 390 g/mol. The van der Waals surface area contributed by atoms with Gasteiger partial charge in [-0.2, -0.15) is 0 Å². The van der Waals surface area contributed by atoms with Gasteiger partial charge in [-0.3, -0.25) is 0 Å². The third kappa shape index (κ3) is 5.01. The van der Waals surface area contributed by atoms with Crippen LogP contribution in [-0.4, -0.2) is 52.7 Å². The Hall–Kier alpha value is -2.54.